The molecule has 0 N–H and O–H groups in total. The Morgan fingerprint density at radius 2 is 1.48 bits per heavy atom. The van der Waals surface area contributed by atoms with E-state index in [9.17, 15) is 0 Å². The Bertz CT molecular complexity index is 938. The highest BCUT2D eigenvalue weighted by Crippen LogP contribution is 2.31. The third-order valence-electron chi connectivity index (χ3n) is 4.36. The Hall–Kier alpha value is -2.87. The summed E-state index contributed by atoms with van der Waals surface area (Å²) in [5, 5.41) is 0. The van der Waals surface area contributed by atoms with E-state index < -0.39 is 0 Å². The second-order valence-corrected chi connectivity index (χ2v) is 5.81. The van der Waals surface area contributed by atoms with Crippen LogP contribution < -0.4 is 0 Å². The van der Waals surface area contributed by atoms with E-state index in [1.54, 1.807) is 0 Å². The minimum absolute atomic E-state index is 0.129. The van der Waals surface area contributed by atoms with E-state index in [1.807, 2.05) is 12.4 Å². The zero-order chi connectivity index (χ0) is 15.6. The summed E-state index contributed by atoms with van der Waals surface area (Å²) in [6.45, 7) is 2.17. The number of para-hydroxylation sites is 2. The predicted octanol–water partition coefficient (Wildman–Crippen LogP) is 4.98. The van der Waals surface area contributed by atoms with E-state index in [0.29, 0.717) is 0 Å². The second kappa shape index (κ2) is 5.73. The second-order valence-electron chi connectivity index (χ2n) is 5.81. The van der Waals surface area contributed by atoms with Gasteiger partial charge in [-0.25, -0.2) is 4.98 Å². The average Bonchev–Trinajstić information content (AvgIpc) is 3.02. The molecule has 1 heterocycles. The Kier molecular flexibility index (Phi) is 3.43. The molecule has 1 unspecified atom stereocenters. The number of hydrogen-bond acceptors (Lipinski definition) is 1. The highest BCUT2D eigenvalue weighted by molar-refractivity contribution is 5.75. The number of aryl methyl sites for hydroxylation is 1. The fraction of sp³-hybridized carbons (Fsp3) is 0.0952. The zero-order valence-electron chi connectivity index (χ0n) is 13.1. The number of aromatic nitrogens is 2. The van der Waals surface area contributed by atoms with Gasteiger partial charge in [0.25, 0.3) is 0 Å². The first-order valence-corrected chi connectivity index (χ1v) is 7.86. The number of fused-ring (bicyclic) bond motifs is 1. The maximum absolute atomic E-state index is 4.58. The molecular weight excluding hydrogens is 280 g/mol. The Balaban J connectivity index is 1.98. The largest absolute Gasteiger partial charge is 0.319 e. The van der Waals surface area contributed by atoms with Crippen LogP contribution in [0.4, 0.5) is 0 Å². The van der Waals surface area contributed by atoms with Crippen LogP contribution in [0, 0.1) is 6.92 Å². The van der Waals surface area contributed by atoms with Crippen LogP contribution in [0.25, 0.3) is 11.0 Å². The summed E-state index contributed by atoms with van der Waals surface area (Å²) in [6.07, 6.45) is 1.95. The summed E-state index contributed by atoms with van der Waals surface area (Å²) in [6, 6.07) is 27.6. The van der Waals surface area contributed by atoms with Crippen molar-refractivity contribution < 1.29 is 0 Å². The van der Waals surface area contributed by atoms with Gasteiger partial charge in [-0.2, -0.15) is 0 Å². The summed E-state index contributed by atoms with van der Waals surface area (Å²) < 4.78 is 2.27. The molecule has 4 rings (SSSR count). The van der Waals surface area contributed by atoms with Gasteiger partial charge in [0.1, 0.15) is 0 Å². The predicted molar refractivity (Wildman–Crippen MR) is 94.6 cm³/mol. The van der Waals surface area contributed by atoms with Crippen molar-refractivity contribution in [2.45, 2.75) is 13.0 Å². The number of hydrogen-bond donors (Lipinski definition) is 0. The van der Waals surface area contributed by atoms with E-state index >= 15 is 0 Å². The molecule has 4 aromatic rings. The third kappa shape index (κ3) is 2.42. The van der Waals surface area contributed by atoms with Gasteiger partial charge >= 0.3 is 0 Å². The maximum Gasteiger partial charge on any atom is 0.0966 e. The van der Waals surface area contributed by atoms with Crippen LogP contribution in [-0.2, 0) is 0 Å². The first-order valence-electron chi connectivity index (χ1n) is 7.86. The molecule has 1 atom stereocenters. The van der Waals surface area contributed by atoms with Crippen molar-refractivity contribution in [1.29, 1.82) is 0 Å². The molecule has 2 heteroatoms. The fourth-order valence-electron chi connectivity index (χ4n) is 3.20. The minimum atomic E-state index is 0.129. The lowest BCUT2D eigenvalue weighted by Crippen LogP contribution is -2.12. The van der Waals surface area contributed by atoms with Gasteiger partial charge in [-0.3, -0.25) is 0 Å². The lowest BCUT2D eigenvalue weighted by Gasteiger charge is -2.22. The van der Waals surface area contributed by atoms with Crippen LogP contribution in [0.5, 0.6) is 0 Å². The molecule has 23 heavy (non-hydrogen) atoms. The molecule has 0 aliphatic carbocycles. The first-order chi connectivity index (χ1) is 11.3. The SMILES string of the molecule is Cc1ccccc1C(c1ccccc1)n1cnc2ccccc21. The molecule has 0 bridgehead atoms. The van der Waals surface area contributed by atoms with Crippen molar-refractivity contribution >= 4 is 11.0 Å². The zero-order valence-corrected chi connectivity index (χ0v) is 13.1. The van der Waals surface area contributed by atoms with Crippen molar-refractivity contribution in [1.82, 2.24) is 9.55 Å². The molecule has 3 aromatic carbocycles. The van der Waals surface area contributed by atoms with Crippen LogP contribution in [0.1, 0.15) is 22.7 Å². The summed E-state index contributed by atoms with van der Waals surface area (Å²) in [7, 11) is 0. The first kappa shape index (κ1) is 13.8. The summed E-state index contributed by atoms with van der Waals surface area (Å²) in [5.74, 6) is 0. The average molecular weight is 298 g/mol. The maximum atomic E-state index is 4.58. The smallest absolute Gasteiger partial charge is 0.0966 e. The van der Waals surface area contributed by atoms with Crippen molar-refractivity contribution in [2.75, 3.05) is 0 Å². The Morgan fingerprint density at radius 1 is 0.783 bits per heavy atom. The molecule has 0 radical (unpaired) electrons. The topological polar surface area (TPSA) is 17.8 Å². The molecule has 0 saturated heterocycles. The molecule has 0 amide bonds. The summed E-state index contributed by atoms with van der Waals surface area (Å²) >= 11 is 0. The van der Waals surface area contributed by atoms with E-state index in [4.69, 9.17) is 0 Å². The van der Waals surface area contributed by atoms with Gasteiger partial charge < -0.3 is 4.57 Å². The number of rotatable bonds is 3. The number of nitrogens with zero attached hydrogens (tertiary/aromatic N) is 2. The van der Waals surface area contributed by atoms with Crippen LogP contribution in [0.3, 0.4) is 0 Å². The standard InChI is InChI=1S/C21H18N2/c1-16-9-5-6-12-18(16)21(17-10-3-2-4-11-17)23-15-22-19-13-7-8-14-20(19)23/h2-15,21H,1H3. The molecule has 0 aliphatic rings. The summed E-state index contributed by atoms with van der Waals surface area (Å²) in [5.41, 5.74) is 6.05. The monoisotopic (exact) mass is 298 g/mol. The lowest BCUT2D eigenvalue weighted by atomic mass is 9.94. The lowest BCUT2D eigenvalue weighted by molar-refractivity contribution is 0.693. The van der Waals surface area contributed by atoms with Crippen molar-refractivity contribution in [3.05, 3.63) is 102 Å². The molecule has 0 fully saturated rings. The minimum Gasteiger partial charge on any atom is -0.319 e. The normalized spacial score (nSPS) is 12.4. The van der Waals surface area contributed by atoms with Crippen LogP contribution in [-0.4, -0.2) is 9.55 Å². The fourth-order valence-corrected chi connectivity index (χ4v) is 3.20. The Morgan fingerprint density at radius 3 is 2.30 bits per heavy atom. The molecule has 2 nitrogen and oxygen atoms in total. The summed E-state index contributed by atoms with van der Waals surface area (Å²) in [4.78, 5) is 4.58. The van der Waals surface area contributed by atoms with Crippen molar-refractivity contribution in [3.8, 4) is 0 Å². The van der Waals surface area contributed by atoms with Gasteiger partial charge in [-0.1, -0.05) is 66.7 Å². The molecule has 1 aromatic heterocycles. The van der Waals surface area contributed by atoms with E-state index in [0.717, 1.165) is 11.0 Å². The molecule has 0 saturated carbocycles. The number of benzene rings is 3. The van der Waals surface area contributed by atoms with E-state index in [1.165, 1.54) is 16.7 Å². The Labute approximate surface area is 136 Å². The highest BCUT2D eigenvalue weighted by Gasteiger charge is 2.19. The van der Waals surface area contributed by atoms with Gasteiger partial charge in [-0.15, -0.1) is 0 Å². The molecular formula is C21H18N2. The molecule has 0 aliphatic heterocycles. The van der Waals surface area contributed by atoms with E-state index in [-0.39, 0.29) is 6.04 Å². The number of imidazole rings is 1. The van der Waals surface area contributed by atoms with Crippen LogP contribution >= 0.6 is 0 Å². The van der Waals surface area contributed by atoms with Crippen LogP contribution in [0.15, 0.2) is 85.2 Å². The molecule has 0 spiro atoms. The van der Waals surface area contributed by atoms with Gasteiger partial charge in [0.2, 0.25) is 0 Å². The molecule has 112 valence electrons. The van der Waals surface area contributed by atoms with Gasteiger partial charge in [0.05, 0.1) is 23.4 Å². The van der Waals surface area contributed by atoms with Crippen molar-refractivity contribution in [2.24, 2.45) is 0 Å². The quantitative estimate of drug-likeness (QED) is 0.521. The van der Waals surface area contributed by atoms with Gasteiger partial charge in [-0.05, 0) is 35.7 Å². The van der Waals surface area contributed by atoms with Gasteiger partial charge in [0.15, 0.2) is 0 Å². The highest BCUT2D eigenvalue weighted by atomic mass is 15.1. The van der Waals surface area contributed by atoms with Crippen LogP contribution in [0.2, 0.25) is 0 Å². The van der Waals surface area contributed by atoms with Gasteiger partial charge in [0, 0.05) is 0 Å². The van der Waals surface area contributed by atoms with Crippen molar-refractivity contribution in [3.63, 3.8) is 0 Å². The third-order valence-corrected chi connectivity index (χ3v) is 4.36. The van der Waals surface area contributed by atoms with E-state index in [2.05, 4.69) is 89.3 Å².